The highest BCUT2D eigenvalue weighted by molar-refractivity contribution is 5.97. The summed E-state index contributed by atoms with van der Waals surface area (Å²) in [6, 6.07) is 7.14. The van der Waals surface area contributed by atoms with E-state index < -0.39 is 24.3 Å². The number of hydrogen-bond donors (Lipinski definition) is 1. The molecule has 0 aliphatic heterocycles. The van der Waals surface area contributed by atoms with Crippen LogP contribution in [0, 0.1) is 12.7 Å². The van der Waals surface area contributed by atoms with Crippen molar-refractivity contribution in [2.24, 2.45) is 0 Å². The van der Waals surface area contributed by atoms with E-state index in [0.717, 1.165) is 0 Å². The number of nitrogens with one attached hydrogen (secondary N) is 1. The number of esters is 1. The number of benzene rings is 2. The zero-order valence-electron chi connectivity index (χ0n) is 15.4. The first-order chi connectivity index (χ1) is 12.9. The molecule has 0 atom stereocenters. The second-order valence-corrected chi connectivity index (χ2v) is 5.50. The minimum absolute atomic E-state index is 0.0735. The van der Waals surface area contributed by atoms with E-state index in [0.29, 0.717) is 17.1 Å². The summed E-state index contributed by atoms with van der Waals surface area (Å²) in [5.41, 5.74) is 0.798. The first kappa shape index (κ1) is 20.0. The first-order valence-electron chi connectivity index (χ1n) is 7.92. The van der Waals surface area contributed by atoms with Crippen molar-refractivity contribution in [2.45, 2.75) is 6.92 Å². The van der Waals surface area contributed by atoms with Gasteiger partial charge < -0.3 is 24.3 Å². The van der Waals surface area contributed by atoms with Crippen LogP contribution in [0.3, 0.4) is 0 Å². The largest absolute Gasteiger partial charge is 0.496 e. The molecule has 0 saturated carbocycles. The van der Waals surface area contributed by atoms with Crippen molar-refractivity contribution in [3.05, 3.63) is 47.3 Å². The van der Waals surface area contributed by atoms with E-state index in [2.05, 4.69) is 5.32 Å². The van der Waals surface area contributed by atoms with Crippen LogP contribution in [0.4, 0.5) is 10.1 Å². The number of methoxy groups -OCH3 is 3. The molecular weight excluding hydrogens is 357 g/mol. The van der Waals surface area contributed by atoms with Crippen molar-refractivity contribution in [3.8, 4) is 17.2 Å². The summed E-state index contributed by atoms with van der Waals surface area (Å²) in [7, 11) is 4.26. The summed E-state index contributed by atoms with van der Waals surface area (Å²) >= 11 is 0. The van der Waals surface area contributed by atoms with Crippen molar-refractivity contribution in [2.75, 3.05) is 33.3 Å². The molecule has 0 saturated heterocycles. The van der Waals surface area contributed by atoms with E-state index in [4.69, 9.17) is 18.9 Å². The third-order valence-corrected chi connectivity index (χ3v) is 3.72. The fourth-order valence-electron chi connectivity index (χ4n) is 2.27. The molecule has 1 N–H and O–H groups in total. The Balaban J connectivity index is 2.06. The van der Waals surface area contributed by atoms with Crippen LogP contribution in [0.5, 0.6) is 17.2 Å². The van der Waals surface area contributed by atoms with Crippen molar-refractivity contribution in [1.82, 2.24) is 0 Å². The van der Waals surface area contributed by atoms with Crippen LogP contribution < -0.4 is 19.5 Å². The van der Waals surface area contributed by atoms with E-state index >= 15 is 0 Å². The van der Waals surface area contributed by atoms with Gasteiger partial charge in [-0.05, 0) is 24.6 Å². The second kappa shape index (κ2) is 8.88. The highest BCUT2D eigenvalue weighted by atomic mass is 19.1. The fraction of sp³-hybridized carbons (Fsp3) is 0.263. The topological polar surface area (TPSA) is 83.1 Å². The number of rotatable bonds is 7. The minimum atomic E-state index is -0.780. The smallest absolute Gasteiger partial charge is 0.342 e. The number of halogens is 1. The van der Waals surface area contributed by atoms with Crippen molar-refractivity contribution >= 4 is 17.6 Å². The monoisotopic (exact) mass is 377 g/mol. The third-order valence-electron chi connectivity index (χ3n) is 3.72. The Bertz CT molecular complexity index is 852. The number of amides is 1. The lowest BCUT2D eigenvalue weighted by Crippen LogP contribution is -2.21. The summed E-state index contributed by atoms with van der Waals surface area (Å²) in [5, 5.41) is 2.45. The maximum Gasteiger partial charge on any atom is 0.342 e. The lowest BCUT2D eigenvalue weighted by molar-refractivity contribution is -0.119. The maximum atomic E-state index is 13.5. The van der Waals surface area contributed by atoms with Gasteiger partial charge in [-0.25, -0.2) is 9.18 Å². The van der Waals surface area contributed by atoms with Gasteiger partial charge in [0.2, 0.25) is 0 Å². The van der Waals surface area contributed by atoms with Crippen molar-refractivity contribution < 1.29 is 32.9 Å². The number of aryl methyl sites for hydroxylation is 1. The van der Waals surface area contributed by atoms with Gasteiger partial charge in [0, 0.05) is 17.8 Å². The van der Waals surface area contributed by atoms with E-state index in [1.165, 1.54) is 45.6 Å². The van der Waals surface area contributed by atoms with Crippen LogP contribution in [0.2, 0.25) is 0 Å². The van der Waals surface area contributed by atoms with Gasteiger partial charge in [0.1, 0.15) is 17.1 Å². The van der Waals surface area contributed by atoms with Gasteiger partial charge >= 0.3 is 5.97 Å². The normalized spacial score (nSPS) is 10.1. The Morgan fingerprint density at radius 3 is 2.19 bits per heavy atom. The molecule has 2 aromatic rings. The van der Waals surface area contributed by atoms with Crippen LogP contribution >= 0.6 is 0 Å². The van der Waals surface area contributed by atoms with Crippen LogP contribution in [-0.2, 0) is 9.53 Å². The zero-order valence-corrected chi connectivity index (χ0v) is 15.4. The summed E-state index contributed by atoms with van der Waals surface area (Å²) in [4.78, 5) is 24.2. The molecule has 2 rings (SSSR count). The van der Waals surface area contributed by atoms with Gasteiger partial charge in [0.15, 0.2) is 18.1 Å². The molecule has 0 heterocycles. The van der Waals surface area contributed by atoms with Gasteiger partial charge in [-0.3, -0.25) is 4.79 Å². The molecule has 144 valence electrons. The Kier molecular flexibility index (Phi) is 6.59. The molecule has 8 heteroatoms. The van der Waals surface area contributed by atoms with E-state index in [9.17, 15) is 14.0 Å². The first-order valence-corrected chi connectivity index (χ1v) is 7.92. The lowest BCUT2D eigenvalue weighted by Gasteiger charge is -2.13. The molecular formula is C19H20FNO6. The summed E-state index contributed by atoms with van der Waals surface area (Å²) in [6.45, 7) is 1.06. The highest BCUT2D eigenvalue weighted by Crippen LogP contribution is 2.34. The molecule has 0 unspecified atom stereocenters. The number of ether oxygens (including phenoxy) is 4. The third kappa shape index (κ3) is 4.87. The van der Waals surface area contributed by atoms with Gasteiger partial charge in [0.25, 0.3) is 5.91 Å². The molecule has 0 spiro atoms. The van der Waals surface area contributed by atoms with Crippen molar-refractivity contribution in [1.29, 1.82) is 0 Å². The van der Waals surface area contributed by atoms with Gasteiger partial charge in [-0.15, -0.1) is 0 Å². The molecule has 0 aliphatic rings. The molecule has 0 fully saturated rings. The van der Waals surface area contributed by atoms with E-state index in [-0.39, 0.29) is 17.0 Å². The maximum absolute atomic E-state index is 13.5. The molecule has 2 aromatic carbocycles. The lowest BCUT2D eigenvalue weighted by atomic mass is 10.1. The molecule has 1 amide bonds. The Morgan fingerprint density at radius 1 is 0.963 bits per heavy atom. The molecule has 0 radical (unpaired) electrons. The van der Waals surface area contributed by atoms with Crippen LogP contribution in [0.25, 0.3) is 0 Å². The van der Waals surface area contributed by atoms with Crippen LogP contribution in [0.1, 0.15) is 15.9 Å². The van der Waals surface area contributed by atoms with Crippen LogP contribution in [0.15, 0.2) is 30.3 Å². The predicted molar refractivity (Wildman–Crippen MR) is 96.1 cm³/mol. The molecule has 0 aliphatic carbocycles. The summed E-state index contributed by atoms with van der Waals surface area (Å²) in [6.07, 6.45) is 0. The number of carbonyl (C=O) groups is 2. The highest BCUT2D eigenvalue weighted by Gasteiger charge is 2.20. The van der Waals surface area contributed by atoms with Gasteiger partial charge in [0.05, 0.1) is 21.3 Å². The van der Waals surface area contributed by atoms with E-state index in [1.54, 1.807) is 13.0 Å². The number of carbonyl (C=O) groups excluding carboxylic acids is 2. The van der Waals surface area contributed by atoms with E-state index in [1.807, 2.05) is 0 Å². The SMILES string of the molecule is COc1cc(OC)c(C(=O)OCC(=O)Nc2ccc(C)c(F)c2)cc1OC. The van der Waals surface area contributed by atoms with Gasteiger partial charge in [-0.1, -0.05) is 6.07 Å². The molecule has 27 heavy (non-hydrogen) atoms. The Hall–Kier alpha value is -3.29. The Labute approximate surface area is 156 Å². The fourth-order valence-corrected chi connectivity index (χ4v) is 2.27. The predicted octanol–water partition coefficient (Wildman–Crippen LogP) is 2.96. The molecule has 0 aromatic heterocycles. The molecule has 7 nitrogen and oxygen atoms in total. The zero-order chi connectivity index (χ0) is 20.0. The number of hydrogen-bond acceptors (Lipinski definition) is 6. The number of anilines is 1. The van der Waals surface area contributed by atoms with Gasteiger partial charge in [-0.2, -0.15) is 0 Å². The molecule has 0 bridgehead atoms. The second-order valence-electron chi connectivity index (χ2n) is 5.50. The average Bonchev–Trinajstić information content (AvgIpc) is 2.67. The van der Waals surface area contributed by atoms with Crippen molar-refractivity contribution in [3.63, 3.8) is 0 Å². The van der Waals surface area contributed by atoms with Crippen LogP contribution in [-0.4, -0.2) is 39.8 Å². The quantitative estimate of drug-likeness (QED) is 0.747. The summed E-state index contributed by atoms with van der Waals surface area (Å²) in [5.74, 6) is -0.933. The average molecular weight is 377 g/mol. The summed E-state index contributed by atoms with van der Waals surface area (Å²) < 4.78 is 34.0. The Morgan fingerprint density at radius 2 is 1.59 bits per heavy atom. The minimum Gasteiger partial charge on any atom is -0.496 e. The standard InChI is InChI=1S/C19H20FNO6/c1-11-5-6-12(7-14(11)20)21-18(22)10-27-19(23)13-8-16(25-3)17(26-4)9-15(13)24-2/h5-9H,10H2,1-4H3,(H,21,22).